The van der Waals surface area contributed by atoms with Crippen molar-refractivity contribution in [2.45, 2.75) is 63.6 Å². The van der Waals surface area contributed by atoms with E-state index < -0.39 is 0 Å². The lowest BCUT2D eigenvalue weighted by atomic mass is 9.70. The van der Waals surface area contributed by atoms with Crippen molar-refractivity contribution in [3.05, 3.63) is 35.5 Å². The van der Waals surface area contributed by atoms with Gasteiger partial charge >= 0.3 is 0 Å². The molecule has 142 valence electrons. The van der Waals surface area contributed by atoms with Crippen LogP contribution < -0.4 is 9.47 Å². The van der Waals surface area contributed by atoms with Crippen LogP contribution in [0.3, 0.4) is 0 Å². The number of aliphatic hydroxyl groups excluding tert-OH is 1. The number of nitrogens with zero attached hydrogens (tertiary/aromatic N) is 1. The van der Waals surface area contributed by atoms with Gasteiger partial charge in [-0.15, -0.1) is 0 Å². The second-order valence-corrected chi connectivity index (χ2v) is 8.49. The number of allylic oxidation sites excluding steroid dienone is 1. The number of likely N-dealkylation sites (N-methyl/N-ethyl adjacent to an activating group) is 1. The molecule has 1 saturated carbocycles. The molecule has 3 aliphatic rings. The fourth-order valence-corrected chi connectivity index (χ4v) is 4.37. The molecule has 2 atom stereocenters. The highest BCUT2D eigenvalue weighted by molar-refractivity contribution is 5.49. The fourth-order valence-electron chi connectivity index (χ4n) is 4.37. The van der Waals surface area contributed by atoms with Crippen molar-refractivity contribution in [2.75, 3.05) is 20.2 Å². The van der Waals surface area contributed by atoms with E-state index in [4.69, 9.17) is 9.47 Å². The summed E-state index contributed by atoms with van der Waals surface area (Å²) in [4.78, 5) is 2.30. The second kappa shape index (κ2) is 6.80. The Balaban J connectivity index is 1.69. The first-order valence-corrected chi connectivity index (χ1v) is 10.0. The van der Waals surface area contributed by atoms with Gasteiger partial charge in [0.15, 0.2) is 11.5 Å². The highest BCUT2D eigenvalue weighted by Gasteiger charge is 2.45. The van der Waals surface area contributed by atoms with Crippen LogP contribution in [0.25, 0.3) is 0 Å². The summed E-state index contributed by atoms with van der Waals surface area (Å²) in [5.41, 5.74) is 2.56. The van der Waals surface area contributed by atoms with Crippen LogP contribution in [0.2, 0.25) is 0 Å². The Bertz CT molecular complexity index is 695. The molecular weight excluding hydrogens is 326 g/mol. The van der Waals surface area contributed by atoms with Crippen LogP contribution in [0.5, 0.6) is 11.5 Å². The number of aliphatic hydroxyl groups is 1. The maximum Gasteiger partial charge on any atom is 0.161 e. The van der Waals surface area contributed by atoms with Crippen LogP contribution in [0.15, 0.2) is 30.0 Å². The van der Waals surface area contributed by atoms with Crippen molar-refractivity contribution in [1.29, 1.82) is 0 Å². The molecule has 1 N–H and O–H groups in total. The van der Waals surface area contributed by atoms with Gasteiger partial charge in [-0.25, -0.2) is 0 Å². The Labute approximate surface area is 156 Å². The second-order valence-electron chi connectivity index (χ2n) is 8.49. The highest BCUT2D eigenvalue weighted by Crippen LogP contribution is 2.50. The van der Waals surface area contributed by atoms with Crippen LogP contribution in [0, 0.1) is 5.92 Å². The number of hydrogen-bond donors (Lipinski definition) is 1. The van der Waals surface area contributed by atoms with E-state index in [2.05, 4.69) is 36.2 Å². The molecule has 1 aromatic carbocycles. The number of rotatable bonds is 6. The van der Waals surface area contributed by atoms with E-state index in [0.717, 1.165) is 43.9 Å². The molecule has 0 radical (unpaired) electrons. The average molecular weight is 357 g/mol. The van der Waals surface area contributed by atoms with E-state index in [1.54, 1.807) is 0 Å². The lowest BCUT2D eigenvalue weighted by molar-refractivity contribution is 0.181. The summed E-state index contributed by atoms with van der Waals surface area (Å²) >= 11 is 0. The minimum absolute atomic E-state index is 0.00202. The van der Waals surface area contributed by atoms with E-state index in [1.807, 2.05) is 13.8 Å². The van der Waals surface area contributed by atoms with E-state index in [-0.39, 0.29) is 17.6 Å². The first-order chi connectivity index (χ1) is 12.5. The van der Waals surface area contributed by atoms with Crippen molar-refractivity contribution in [2.24, 2.45) is 5.92 Å². The minimum Gasteiger partial charge on any atom is -0.489 e. The van der Waals surface area contributed by atoms with Gasteiger partial charge in [0.25, 0.3) is 0 Å². The van der Waals surface area contributed by atoms with Crippen LogP contribution >= 0.6 is 0 Å². The zero-order valence-electron chi connectivity index (χ0n) is 16.2. The largest absolute Gasteiger partial charge is 0.489 e. The summed E-state index contributed by atoms with van der Waals surface area (Å²) in [5.74, 6) is 2.42. The summed E-state index contributed by atoms with van der Waals surface area (Å²) in [7, 11) is 2.13. The number of fused-ring (bicyclic) bond motifs is 1. The summed E-state index contributed by atoms with van der Waals surface area (Å²) in [5, 5.41) is 10.1. The third-order valence-electron chi connectivity index (χ3n) is 6.02. The molecule has 0 aromatic heterocycles. The standard InChI is InChI=1S/C22H31NO3/c1-15(2)26-19-7-6-17(12-20(19)25-14-16-4-5-16)22-9-8-18(24)13-21(22)23(3)11-10-22/h6-7,12-13,15-16,18,24H,4-5,8-11,14H2,1-3H3/t18-,22-/m0/s1. The fraction of sp³-hybridized carbons (Fsp3) is 0.636. The van der Waals surface area contributed by atoms with Crippen molar-refractivity contribution in [1.82, 2.24) is 4.90 Å². The lowest BCUT2D eigenvalue weighted by Gasteiger charge is -2.37. The molecule has 26 heavy (non-hydrogen) atoms. The van der Waals surface area contributed by atoms with Crippen LogP contribution in [0.1, 0.15) is 51.5 Å². The molecule has 0 unspecified atom stereocenters. The number of benzene rings is 1. The van der Waals surface area contributed by atoms with E-state index in [9.17, 15) is 5.11 Å². The molecule has 1 heterocycles. The topological polar surface area (TPSA) is 41.9 Å². The normalized spacial score (nSPS) is 28.1. The molecule has 0 amide bonds. The molecule has 1 saturated heterocycles. The van der Waals surface area contributed by atoms with Gasteiger partial charge in [-0.3, -0.25) is 0 Å². The maximum absolute atomic E-state index is 10.1. The van der Waals surface area contributed by atoms with Crippen molar-refractivity contribution >= 4 is 0 Å². The van der Waals surface area contributed by atoms with Crippen LogP contribution in [0.4, 0.5) is 0 Å². The van der Waals surface area contributed by atoms with Gasteiger partial charge in [0, 0.05) is 24.7 Å². The van der Waals surface area contributed by atoms with Crippen LogP contribution in [-0.2, 0) is 5.41 Å². The molecule has 4 heteroatoms. The van der Waals surface area contributed by atoms with Crippen LogP contribution in [-0.4, -0.2) is 42.4 Å². The summed E-state index contributed by atoms with van der Waals surface area (Å²) in [6, 6.07) is 6.48. The molecule has 2 aliphatic carbocycles. The van der Waals surface area contributed by atoms with Crippen molar-refractivity contribution in [3.63, 3.8) is 0 Å². The lowest BCUT2D eigenvalue weighted by Crippen LogP contribution is -2.33. The molecule has 0 bridgehead atoms. The van der Waals surface area contributed by atoms with Crippen molar-refractivity contribution < 1.29 is 14.6 Å². The van der Waals surface area contributed by atoms with Gasteiger partial charge < -0.3 is 19.5 Å². The zero-order chi connectivity index (χ0) is 18.3. The molecule has 0 spiro atoms. The molecule has 4 rings (SSSR count). The molecule has 1 aliphatic heterocycles. The first-order valence-electron chi connectivity index (χ1n) is 10.0. The average Bonchev–Trinajstić information content (AvgIpc) is 3.38. The molecule has 4 nitrogen and oxygen atoms in total. The Hall–Kier alpha value is -1.68. The quantitative estimate of drug-likeness (QED) is 0.839. The summed E-state index contributed by atoms with van der Waals surface area (Å²) in [6.45, 7) is 5.91. The highest BCUT2D eigenvalue weighted by atomic mass is 16.5. The third kappa shape index (κ3) is 3.32. The monoisotopic (exact) mass is 357 g/mol. The Morgan fingerprint density at radius 3 is 2.73 bits per heavy atom. The smallest absolute Gasteiger partial charge is 0.161 e. The van der Waals surface area contributed by atoms with Crippen molar-refractivity contribution in [3.8, 4) is 11.5 Å². The Kier molecular flexibility index (Phi) is 4.64. The van der Waals surface area contributed by atoms with Gasteiger partial charge in [-0.05, 0) is 75.6 Å². The Morgan fingerprint density at radius 1 is 1.19 bits per heavy atom. The third-order valence-corrected chi connectivity index (χ3v) is 6.02. The predicted molar refractivity (Wildman–Crippen MR) is 103 cm³/mol. The van der Waals surface area contributed by atoms with E-state index in [1.165, 1.54) is 24.1 Å². The number of hydrogen-bond acceptors (Lipinski definition) is 4. The molecular formula is C22H31NO3. The Morgan fingerprint density at radius 2 is 2.00 bits per heavy atom. The van der Waals surface area contributed by atoms with E-state index in [0.29, 0.717) is 5.92 Å². The van der Waals surface area contributed by atoms with Gasteiger partial charge in [0.2, 0.25) is 0 Å². The number of likely N-dealkylation sites (tertiary alicyclic amines) is 1. The minimum atomic E-state index is -0.326. The summed E-state index contributed by atoms with van der Waals surface area (Å²) in [6.07, 6.45) is 7.30. The summed E-state index contributed by atoms with van der Waals surface area (Å²) < 4.78 is 12.2. The van der Waals surface area contributed by atoms with E-state index >= 15 is 0 Å². The molecule has 2 fully saturated rings. The first kappa shape index (κ1) is 17.7. The van der Waals surface area contributed by atoms with Gasteiger partial charge in [-0.1, -0.05) is 6.07 Å². The predicted octanol–water partition coefficient (Wildman–Crippen LogP) is 3.87. The number of ether oxygens (including phenoxy) is 2. The van der Waals surface area contributed by atoms with Gasteiger partial charge in [0.1, 0.15) is 0 Å². The van der Waals surface area contributed by atoms with Gasteiger partial charge in [0.05, 0.1) is 18.8 Å². The molecule has 1 aromatic rings. The SMILES string of the molecule is CC(C)Oc1ccc([C@@]23CC[C@H](O)C=C2N(C)CC3)cc1OCC1CC1. The zero-order valence-corrected chi connectivity index (χ0v) is 16.2. The van der Waals surface area contributed by atoms with Gasteiger partial charge in [-0.2, -0.15) is 0 Å². The maximum atomic E-state index is 10.1.